The van der Waals surface area contributed by atoms with Crippen LogP contribution in [0.15, 0.2) is 5.16 Å². The van der Waals surface area contributed by atoms with E-state index in [1.54, 1.807) is 0 Å². The zero-order chi connectivity index (χ0) is 14.1. The van der Waals surface area contributed by atoms with E-state index >= 15 is 0 Å². The largest absolute Gasteiger partial charge is 0.409 e. The molecular formula is C13H27N3O2. The average Bonchev–Trinajstić information content (AvgIpc) is 2.32. The average molecular weight is 257 g/mol. The lowest BCUT2D eigenvalue weighted by Gasteiger charge is -2.25. The highest BCUT2D eigenvalue weighted by Gasteiger charge is 2.17. The molecule has 0 aliphatic rings. The van der Waals surface area contributed by atoms with Crippen molar-refractivity contribution >= 4 is 11.7 Å². The summed E-state index contributed by atoms with van der Waals surface area (Å²) in [6, 6.07) is 0. The Hall–Kier alpha value is -1.26. The Labute approximate surface area is 110 Å². The summed E-state index contributed by atoms with van der Waals surface area (Å²) in [4.78, 5) is 13.9. The maximum Gasteiger partial charge on any atom is 0.222 e. The maximum atomic E-state index is 12.1. The number of oxime groups is 1. The molecular weight excluding hydrogens is 230 g/mol. The van der Waals surface area contributed by atoms with Crippen molar-refractivity contribution in [2.45, 2.75) is 47.0 Å². The van der Waals surface area contributed by atoms with Gasteiger partial charge in [-0.1, -0.05) is 39.3 Å². The van der Waals surface area contributed by atoms with Crippen LogP contribution in [0.5, 0.6) is 0 Å². The first kappa shape index (κ1) is 16.7. The van der Waals surface area contributed by atoms with Crippen LogP contribution in [0, 0.1) is 11.8 Å². The molecule has 0 saturated carbocycles. The molecule has 0 aromatic heterocycles. The number of carbonyl (C=O) groups is 1. The van der Waals surface area contributed by atoms with E-state index in [1.165, 1.54) is 0 Å². The molecule has 0 bridgehead atoms. The van der Waals surface area contributed by atoms with Gasteiger partial charge in [0.05, 0.1) is 0 Å². The monoisotopic (exact) mass is 257 g/mol. The van der Waals surface area contributed by atoms with Gasteiger partial charge in [-0.3, -0.25) is 4.79 Å². The topological polar surface area (TPSA) is 78.9 Å². The zero-order valence-corrected chi connectivity index (χ0v) is 12.0. The Bertz CT molecular complexity index is 277. The molecule has 106 valence electrons. The van der Waals surface area contributed by atoms with Crippen LogP contribution < -0.4 is 5.73 Å². The van der Waals surface area contributed by atoms with Gasteiger partial charge in [0.1, 0.15) is 5.84 Å². The highest BCUT2D eigenvalue weighted by atomic mass is 16.4. The van der Waals surface area contributed by atoms with E-state index in [1.807, 2.05) is 4.90 Å². The number of hydrogen-bond donors (Lipinski definition) is 2. The summed E-state index contributed by atoms with van der Waals surface area (Å²) in [7, 11) is 0. The predicted octanol–water partition coefficient (Wildman–Crippen LogP) is 2.04. The van der Waals surface area contributed by atoms with Gasteiger partial charge in [0, 0.05) is 25.9 Å². The van der Waals surface area contributed by atoms with E-state index in [9.17, 15) is 4.79 Å². The zero-order valence-electron chi connectivity index (χ0n) is 12.0. The van der Waals surface area contributed by atoms with Crippen LogP contribution in [-0.2, 0) is 4.79 Å². The lowest BCUT2D eigenvalue weighted by atomic mass is 10.0. The Morgan fingerprint density at radius 2 is 2.00 bits per heavy atom. The number of rotatable bonds is 8. The van der Waals surface area contributed by atoms with E-state index in [2.05, 4.69) is 32.9 Å². The van der Waals surface area contributed by atoms with Gasteiger partial charge in [-0.25, -0.2) is 0 Å². The molecule has 5 heteroatoms. The van der Waals surface area contributed by atoms with Crippen LogP contribution in [0.1, 0.15) is 47.0 Å². The first-order chi connectivity index (χ1) is 8.40. The second kappa shape index (κ2) is 8.78. The van der Waals surface area contributed by atoms with E-state index < -0.39 is 0 Å². The SMILES string of the molecule is CCC(C)CC(=O)N(CCC(N)=NO)CC(C)C. The molecule has 0 heterocycles. The Balaban J connectivity index is 4.42. The van der Waals surface area contributed by atoms with Crippen LogP contribution in [0.3, 0.4) is 0 Å². The Morgan fingerprint density at radius 3 is 2.44 bits per heavy atom. The van der Waals surface area contributed by atoms with E-state index in [0.29, 0.717) is 37.8 Å². The van der Waals surface area contributed by atoms with Crippen molar-refractivity contribution in [1.29, 1.82) is 0 Å². The number of nitrogens with zero attached hydrogens (tertiary/aromatic N) is 2. The lowest BCUT2D eigenvalue weighted by molar-refractivity contribution is -0.132. The molecule has 0 saturated heterocycles. The van der Waals surface area contributed by atoms with Gasteiger partial charge in [0.15, 0.2) is 0 Å². The van der Waals surface area contributed by atoms with Crippen LogP contribution >= 0.6 is 0 Å². The normalized spacial score (nSPS) is 13.7. The van der Waals surface area contributed by atoms with Gasteiger partial charge in [-0.15, -0.1) is 0 Å². The van der Waals surface area contributed by atoms with Crippen molar-refractivity contribution in [3.8, 4) is 0 Å². The third-order valence-corrected chi connectivity index (χ3v) is 2.92. The molecule has 0 aliphatic heterocycles. The summed E-state index contributed by atoms with van der Waals surface area (Å²) in [6.07, 6.45) is 1.98. The third kappa shape index (κ3) is 7.14. The van der Waals surface area contributed by atoms with Crippen LogP contribution in [0.2, 0.25) is 0 Å². The number of amides is 1. The smallest absolute Gasteiger partial charge is 0.222 e. The van der Waals surface area contributed by atoms with E-state index in [4.69, 9.17) is 10.9 Å². The van der Waals surface area contributed by atoms with E-state index in [0.717, 1.165) is 6.42 Å². The molecule has 0 aliphatic carbocycles. The molecule has 0 fully saturated rings. The lowest BCUT2D eigenvalue weighted by Crippen LogP contribution is -2.37. The molecule has 1 atom stereocenters. The fraction of sp³-hybridized carbons (Fsp3) is 0.846. The number of carbonyl (C=O) groups excluding carboxylic acids is 1. The summed E-state index contributed by atoms with van der Waals surface area (Å²) in [5.41, 5.74) is 5.44. The minimum absolute atomic E-state index is 0.156. The van der Waals surface area contributed by atoms with Crippen molar-refractivity contribution in [1.82, 2.24) is 4.90 Å². The number of nitrogens with two attached hydrogens (primary N) is 1. The molecule has 1 unspecified atom stereocenters. The molecule has 0 spiro atoms. The molecule has 0 aromatic rings. The summed E-state index contributed by atoms with van der Waals surface area (Å²) in [5, 5.41) is 11.4. The number of hydrogen-bond acceptors (Lipinski definition) is 3. The Morgan fingerprint density at radius 1 is 1.39 bits per heavy atom. The molecule has 1 amide bonds. The summed E-state index contributed by atoms with van der Waals surface area (Å²) in [6.45, 7) is 9.55. The molecule has 5 nitrogen and oxygen atoms in total. The molecule has 0 aromatic carbocycles. The van der Waals surface area contributed by atoms with Gasteiger partial charge in [-0.2, -0.15) is 0 Å². The minimum atomic E-state index is 0.156. The van der Waals surface area contributed by atoms with Crippen molar-refractivity contribution in [2.24, 2.45) is 22.7 Å². The fourth-order valence-electron chi connectivity index (χ4n) is 1.63. The summed E-state index contributed by atoms with van der Waals surface area (Å²) in [5.74, 6) is 1.14. The van der Waals surface area contributed by atoms with Gasteiger partial charge < -0.3 is 15.8 Å². The summed E-state index contributed by atoms with van der Waals surface area (Å²) < 4.78 is 0. The van der Waals surface area contributed by atoms with Crippen LogP contribution in [0.25, 0.3) is 0 Å². The first-order valence-electron chi connectivity index (χ1n) is 6.64. The fourth-order valence-corrected chi connectivity index (χ4v) is 1.63. The van der Waals surface area contributed by atoms with E-state index in [-0.39, 0.29) is 11.7 Å². The highest BCUT2D eigenvalue weighted by Crippen LogP contribution is 2.11. The van der Waals surface area contributed by atoms with Crippen molar-refractivity contribution < 1.29 is 10.0 Å². The molecule has 3 N–H and O–H groups in total. The Kier molecular flexibility index (Phi) is 8.16. The molecule has 0 radical (unpaired) electrons. The number of amidine groups is 1. The second-order valence-corrected chi connectivity index (χ2v) is 5.29. The molecule has 0 rings (SSSR count). The maximum absolute atomic E-state index is 12.1. The van der Waals surface area contributed by atoms with Crippen molar-refractivity contribution in [2.75, 3.05) is 13.1 Å². The van der Waals surface area contributed by atoms with Crippen molar-refractivity contribution in [3.05, 3.63) is 0 Å². The van der Waals surface area contributed by atoms with Gasteiger partial charge >= 0.3 is 0 Å². The van der Waals surface area contributed by atoms with Crippen molar-refractivity contribution in [3.63, 3.8) is 0 Å². The van der Waals surface area contributed by atoms with Crippen LogP contribution in [0.4, 0.5) is 0 Å². The quantitative estimate of drug-likeness (QED) is 0.302. The van der Waals surface area contributed by atoms with Gasteiger partial charge in [0.25, 0.3) is 0 Å². The minimum Gasteiger partial charge on any atom is -0.409 e. The van der Waals surface area contributed by atoms with Gasteiger partial charge in [-0.05, 0) is 11.8 Å². The summed E-state index contributed by atoms with van der Waals surface area (Å²) >= 11 is 0. The molecule has 18 heavy (non-hydrogen) atoms. The second-order valence-electron chi connectivity index (χ2n) is 5.29. The third-order valence-electron chi connectivity index (χ3n) is 2.92. The first-order valence-corrected chi connectivity index (χ1v) is 6.64. The van der Waals surface area contributed by atoms with Gasteiger partial charge in [0.2, 0.25) is 5.91 Å². The van der Waals surface area contributed by atoms with Crippen LogP contribution in [-0.4, -0.2) is 34.9 Å². The highest BCUT2D eigenvalue weighted by molar-refractivity contribution is 5.81. The standard InChI is InChI=1S/C13H27N3O2/c1-5-11(4)8-13(17)16(9-10(2)3)7-6-12(14)15-18/h10-11,18H,5-9H2,1-4H3,(H2,14,15). The predicted molar refractivity (Wildman–Crippen MR) is 73.5 cm³/mol.